The number of rotatable bonds is 6. The smallest absolute Gasteiger partial charge is 0.185 e. The van der Waals surface area contributed by atoms with Gasteiger partial charge in [0.15, 0.2) is 11.6 Å². The molecule has 0 bridgehead atoms. The van der Waals surface area contributed by atoms with Crippen LogP contribution >= 0.6 is 0 Å². The maximum Gasteiger partial charge on any atom is 0.185 e. The first-order valence-electron chi connectivity index (χ1n) is 6.96. The highest BCUT2D eigenvalue weighted by atomic mass is 16.1. The van der Waals surface area contributed by atoms with Crippen LogP contribution < -0.4 is 0 Å². The van der Waals surface area contributed by atoms with E-state index < -0.39 is 0 Å². The molecule has 3 nitrogen and oxygen atoms in total. The Morgan fingerprint density at radius 1 is 1.00 bits per heavy atom. The van der Waals surface area contributed by atoms with Crippen LogP contribution in [0, 0.1) is 0 Å². The summed E-state index contributed by atoms with van der Waals surface area (Å²) in [5.41, 5.74) is 3.43. The number of hydrogen-bond acceptors (Lipinski definition) is 3. The molecule has 0 saturated carbocycles. The molecular formula is C17H22O3. The van der Waals surface area contributed by atoms with Crippen LogP contribution in [0.1, 0.15) is 53.4 Å². The van der Waals surface area contributed by atoms with Gasteiger partial charge in [-0.1, -0.05) is 11.6 Å². The van der Waals surface area contributed by atoms with E-state index in [0.29, 0.717) is 35.1 Å². The lowest BCUT2D eigenvalue weighted by Gasteiger charge is -2.17. The van der Waals surface area contributed by atoms with Gasteiger partial charge in [0.25, 0.3) is 0 Å². The molecule has 1 aliphatic carbocycles. The van der Waals surface area contributed by atoms with Crippen LogP contribution in [-0.2, 0) is 14.4 Å². The predicted molar refractivity (Wildman–Crippen MR) is 79.4 cm³/mol. The molecule has 0 saturated heterocycles. The fourth-order valence-corrected chi connectivity index (χ4v) is 2.24. The molecule has 0 atom stereocenters. The SMILES string of the molecule is CC1=C(C)C(=O)C(C/C=C(\C)CCCC=O)=C(C)C1=O. The molecule has 0 aromatic heterocycles. The number of unbranched alkanes of at least 4 members (excludes halogenated alkanes) is 1. The van der Waals surface area contributed by atoms with Gasteiger partial charge in [-0.15, -0.1) is 0 Å². The van der Waals surface area contributed by atoms with Gasteiger partial charge in [-0.2, -0.15) is 0 Å². The molecule has 1 rings (SSSR count). The number of allylic oxidation sites excluding steroid dienone is 6. The molecule has 20 heavy (non-hydrogen) atoms. The summed E-state index contributed by atoms with van der Waals surface area (Å²) in [7, 11) is 0. The molecule has 0 aliphatic heterocycles. The van der Waals surface area contributed by atoms with Crippen LogP contribution in [-0.4, -0.2) is 17.9 Å². The lowest BCUT2D eigenvalue weighted by atomic mass is 9.84. The zero-order chi connectivity index (χ0) is 15.3. The Bertz CT molecular complexity index is 530. The number of carbonyl (C=O) groups is 3. The lowest BCUT2D eigenvalue weighted by Crippen LogP contribution is -2.20. The van der Waals surface area contributed by atoms with Crippen molar-refractivity contribution in [2.75, 3.05) is 0 Å². The summed E-state index contributed by atoms with van der Waals surface area (Å²) >= 11 is 0. The van der Waals surface area contributed by atoms with Crippen molar-refractivity contribution in [3.05, 3.63) is 33.9 Å². The zero-order valence-electron chi connectivity index (χ0n) is 12.7. The first-order valence-corrected chi connectivity index (χ1v) is 6.96. The molecule has 0 N–H and O–H groups in total. The van der Waals surface area contributed by atoms with E-state index >= 15 is 0 Å². The molecule has 108 valence electrons. The third-order valence-electron chi connectivity index (χ3n) is 3.86. The molecule has 0 aromatic carbocycles. The Balaban J connectivity index is 2.82. The summed E-state index contributed by atoms with van der Waals surface area (Å²) in [5.74, 6) is -0.0411. The fraction of sp³-hybridized carbons (Fsp3) is 0.471. The summed E-state index contributed by atoms with van der Waals surface area (Å²) in [5, 5.41) is 0. The van der Waals surface area contributed by atoms with Crippen LogP contribution in [0.15, 0.2) is 33.9 Å². The van der Waals surface area contributed by atoms with Gasteiger partial charge in [-0.05, 0) is 47.0 Å². The highest BCUT2D eigenvalue weighted by Crippen LogP contribution is 2.26. The second-order valence-corrected chi connectivity index (χ2v) is 5.33. The van der Waals surface area contributed by atoms with Gasteiger partial charge in [-0.25, -0.2) is 0 Å². The van der Waals surface area contributed by atoms with Crippen molar-refractivity contribution in [3.8, 4) is 0 Å². The first-order chi connectivity index (χ1) is 9.40. The highest BCUT2D eigenvalue weighted by Gasteiger charge is 2.26. The van der Waals surface area contributed by atoms with Crippen LogP contribution in [0.4, 0.5) is 0 Å². The van der Waals surface area contributed by atoms with E-state index in [2.05, 4.69) is 0 Å². The third-order valence-corrected chi connectivity index (χ3v) is 3.86. The van der Waals surface area contributed by atoms with E-state index in [-0.39, 0.29) is 11.6 Å². The highest BCUT2D eigenvalue weighted by molar-refractivity contribution is 6.24. The van der Waals surface area contributed by atoms with Crippen molar-refractivity contribution in [2.45, 2.75) is 53.4 Å². The molecular weight excluding hydrogens is 252 g/mol. The zero-order valence-corrected chi connectivity index (χ0v) is 12.7. The minimum atomic E-state index is -0.0240. The quantitative estimate of drug-likeness (QED) is 0.322. The van der Waals surface area contributed by atoms with Gasteiger partial charge < -0.3 is 4.79 Å². The minimum Gasteiger partial charge on any atom is -0.303 e. The van der Waals surface area contributed by atoms with Crippen molar-refractivity contribution < 1.29 is 14.4 Å². The number of ketones is 2. The predicted octanol–water partition coefficient (Wildman–Crippen LogP) is 3.50. The van der Waals surface area contributed by atoms with Crippen molar-refractivity contribution in [3.63, 3.8) is 0 Å². The lowest BCUT2D eigenvalue weighted by molar-refractivity contribution is -0.116. The molecule has 0 amide bonds. The van der Waals surface area contributed by atoms with E-state index in [1.165, 1.54) is 0 Å². The molecule has 0 fully saturated rings. The van der Waals surface area contributed by atoms with Crippen molar-refractivity contribution in [2.24, 2.45) is 0 Å². The number of carbonyl (C=O) groups excluding carboxylic acids is 3. The maximum absolute atomic E-state index is 12.2. The van der Waals surface area contributed by atoms with Gasteiger partial charge >= 0.3 is 0 Å². The standard InChI is InChI=1S/C17H22O3/c1-11(7-5-6-10-18)8-9-15-14(4)16(19)12(2)13(3)17(15)20/h8,10H,5-7,9H2,1-4H3/b11-8+. The van der Waals surface area contributed by atoms with Crippen LogP contribution in [0.25, 0.3) is 0 Å². The molecule has 0 aromatic rings. The van der Waals surface area contributed by atoms with E-state index in [0.717, 1.165) is 24.7 Å². The third kappa shape index (κ3) is 3.62. The van der Waals surface area contributed by atoms with Gasteiger partial charge in [0.05, 0.1) is 0 Å². The van der Waals surface area contributed by atoms with Crippen molar-refractivity contribution >= 4 is 17.9 Å². The summed E-state index contributed by atoms with van der Waals surface area (Å²) in [6.45, 7) is 7.13. The minimum absolute atomic E-state index is 0.0171. The number of hydrogen-bond donors (Lipinski definition) is 0. The Hall–Kier alpha value is -1.77. The largest absolute Gasteiger partial charge is 0.303 e. The van der Waals surface area contributed by atoms with Crippen LogP contribution in [0.5, 0.6) is 0 Å². The molecule has 0 radical (unpaired) electrons. The van der Waals surface area contributed by atoms with Crippen molar-refractivity contribution in [1.82, 2.24) is 0 Å². The molecule has 3 heteroatoms. The van der Waals surface area contributed by atoms with Crippen molar-refractivity contribution in [1.29, 1.82) is 0 Å². The number of aldehydes is 1. The molecule has 0 heterocycles. The number of Topliss-reactive ketones (excluding diaryl/α,β-unsaturated/α-hetero) is 2. The average molecular weight is 274 g/mol. The molecule has 1 aliphatic rings. The average Bonchev–Trinajstić information content (AvgIpc) is 2.43. The van der Waals surface area contributed by atoms with Crippen LogP contribution in [0.2, 0.25) is 0 Å². The van der Waals surface area contributed by atoms with E-state index in [1.807, 2.05) is 13.0 Å². The Morgan fingerprint density at radius 3 is 2.20 bits per heavy atom. The normalized spacial score (nSPS) is 17.1. The maximum atomic E-state index is 12.2. The second kappa shape index (κ2) is 7.13. The van der Waals surface area contributed by atoms with Crippen LogP contribution in [0.3, 0.4) is 0 Å². The summed E-state index contributed by atoms with van der Waals surface area (Å²) in [4.78, 5) is 34.5. The Morgan fingerprint density at radius 2 is 1.60 bits per heavy atom. The van der Waals surface area contributed by atoms with E-state index in [4.69, 9.17) is 0 Å². The monoisotopic (exact) mass is 274 g/mol. The van der Waals surface area contributed by atoms with E-state index in [9.17, 15) is 14.4 Å². The second-order valence-electron chi connectivity index (χ2n) is 5.33. The molecule has 0 unspecified atom stereocenters. The molecule has 0 spiro atoms. The van der Waals surface area contributed by atoms with Gasteiger partial charge in [0, 0.05) is 28.7 Å². The van der Waals surface area contributed by atoms with Gasteiger partial charge in [0.2, 0.25) is 0 Å². The first kappa shape index (κ1) is 16.3. The Kier molecular flexibility index (Phi) is 5.81. The van der Waals surface area contributed by atoms with Gasteiger partial charge in [0.1, 0.15) is 6.29 Å². The van der Waals surface area contributed by atoms with E-state index in [1.54, 1.807) is 20.8 Å². The Labute approximate surface area is 120 Å². The summed E-state index contributed by atoms with van der Waals surface area (Å²) in [6.07, 6.45) is 5.64. The fourth-order valence-electron chi connectivity index (χ4n) is 2.24. The topological polar surface area (TPSA) is 51.2 Å². The summed E-state index contributed by atoms with van der Waals surface area (Å²) < 4.78 is 0. The summed E-state index contributed by atoms with van der Waals surface area (Å²) in [6, 6.07) is 0. The van der Waals surface area contributed by atoms with Gasteiger partial charge in [-0.3, -0.25) is 9.59 Å².